The van der Waals surface area contributed by atoms with Crippen LogP contribution >= 0.6 is 0 Å². The molecule has 0 fully saturated rings. The molecule has 0 saturated heterocycles. The van der Waals surface area contributed by atoms with Crippen LogP contribution in [0.1, 0.15) is 37.9 Å². The monoisotopic (exact) mass is 237 g/mol. The maximum Gasteiger partial charge on any atom is 0.408 e. The van der Waals surface area contributed by atoms with Crippen LogP contribution in [0.25, 0.3) is 0 Å². The number of nitrogens with one attached hydrogen (secondary N) is 1. The third-order valence-electron chi connectivity index (χ3n) is 2.60. The van der Waals surface area contributed by atoms with Gasteiger partial charge in [0, 0.05) is 0 Å². The Labute approximate surface area is 100.0 Å². The molecule has 0 spiro atoms. The first-order chi connectivity index (χ1) is 7.85. The van der Waals surface area contributed by atoms with E-state index >= 15 is 0 Å². The van der Waals surface area contributed by atoms with Crippen molar-refractivity contribution in [3.8, 4) is 0 Å². The minimum absolute atomic E-state index is 0.129. The fourth-order valence-corrected chi connectivity index (χ4v) is 1.85. The summed E-state index contributed by atoms with van der Waals surface area (Å²) in [7, 11) is 0. The zero-order valence-corrected chi connectivity index (χ0v) is 10.2. The highest BCUT2D eigenvalue weighted by Crippen LogP contribution is 2.33. The van der Waals surface area contributed by atoms with Crippen LogP contribution in [0.5, 0.6) is 0 Å². The highest BCUT2D eigenvalue weighted by atomic mass is 19.1. The quantitative estimate of drug-likeness (QED) is 0.815. The van der Waals surface area contributed by atoms with Gasteiger partial charge in [0.15, 0.2) is 0 Å². The van der Waals surface area contributed by atoms with Crippen molar-refractivity contribution in [2.24, 2.45) is 0 Å². The first-order valence-electron chi connectivity index (χ1n) is 5.63. The number of halogens is 1. The Kier molecular flexibility index (Phi) is 2.81. The Hall–Kier alpha value is -1.58. The van der Waals surface area contributed by atoms with Crippen molar-refractivity contribution in [3.63, 3.8) is 0 Å². The SMILES string of the molecule is CC(C)(C)OC(=O)NC1Cc2ccc(F)cc21. The normalized spacial score (nSPS) is 18.0. The van der Waals surface area contributed by atoms with Gasteiger partial charge >= 0.3 is 6.09 Å². The summed E-state index contributed by atoms with van der Waals surface area (Å²) < 4.78 is 18.2. The van der Waals surface area contributed by atoms with Crippen LogP contribution in [0, 0.1) is 5.82 Å². The fourth-order valence-electron chi connectivity index (χ4n) is 1.85. The number of hydrogen-bond donors (Lipinski definition) is 1. The molecule has 1 N–H and O–H groups in total. The molecule has 1 unspecified atom stereocenters. The van der Waals surface area contributed by atoms with E-state index in [-0.39, 0.29) is 11.9 Å². The predicted octanol–water partition coefficient (Wildman–Crippen LogP) is 2.95. The van der Waals surface area contributed by atoms with E-state index in [1.54, 1.807) is 26.8 Å². The van der Waals surface area contributed by atoms with Crippen molar-refractivity contribution in [2.45, 2.75) is 38.8 Å². The van der Waals surface area contributed by atoms with Gasteiger partial charge in [-0.1, -0.05) is 6.07 Å². The van der Waals surface area contributed by atoms with Crippen LogP contribution < -0.4 is 5.32 Å². The molecule has 1 aliphatic carbocycles. The van der Waals surface area contributed by atoms with Crippen molar-refractivity contribution in [2.75, 3.05) is 0 Å². The van der Waals surface area contributed by atoms with E-state index < -0.39 is 11.7 Å². The lowest BCUT2D eigenvalue weighted by Crippen LogP contribution is -2.39. The summed E-state index contributed by atoms with van der Waals surface area (Å²) in [5, 5.41) is 2.73. The van der Waals surface area contributed by atoms with Crippen LogP contribution in [-0.2, 0) is 11.2 Å². The molecule has 0 bridgehead atoms. The molecule has 1 aromatic carbocycles. The Morgan fingerprint density at radius 3 is 2.82 bits per heavy atom. The fraction of sp³-hybridized carbons (Fsp3) is 0.462. The smallest absolute Gasteiger partial charge is 0.408 e. The topological polar surface area (TPSA) is 38.3 Å². The van der Waals surface area contributed by atoms with Gasteiger partial charge in [0.1, 0.15) is 11.4 Å². The van der Waals surface area contributed by atoms with Crippen molar-refractivity contribution < 1.29 is 13.9 Å². The van der Waals surface area contributed by atoms with Gasteiger partial charge < -0.3 is 10.1 Å². The summed E-state index contributed by atoms with van der Waals surface area (Å²) in [4.78, 5) is 11.5. The van der Waals surface area contributed by atoms with Crippen molar-refractivity contribution >= 4 is 6.09 Å². The molecule has 3 nitrogen and oxygen atoms in total. The van der Waals surface area contributed by atoms with Crippen molar-refractivity contribution in [3.05, 3.63) is 35.1 Å². The van der Waals surface area contributed by atoms with Gasteiger partial charge in [0.2, 0.25) is 0 Å². The van der Waals surface area contributed by atoms with E-state index in [0.29, 0.717) is 0 Å². The third-order valence-corrected chi connectivity index (χ3v) is 2.60. The molecule has 0 aromatic heterocycles. The van der Waals surface area contributed by atoms with E-state index in [9.17, 15) is 9.18 Å². The van der Waals surface area contributed by atoms with Crippen LogP contribution in [0.15, 0.2) is 18.2 Å². The molecule has 92 valence electrons. The van der Waals surface area contributed by atoms with Crippen molar-refractivity contribution in [1.82, 2.24) is 5.32 Å². The van der Waals surface area contributed by atoms with E-state index in [0.717, 1.165) is 17.5 Å². The molecule has 17 heavy (non-hydrogen) atoms. The average molecular weight is 237 g/mol. The minimum Gasteiger partial charge on any atom is -0.444 e. The molecule has 0 heterocycles. The molecule has 1 atom stereocenters. The number of fused-ring (bicyclic) bond motifs is 1. The lowest BCUT2D eigenvalue weighted by Gasteiger charge is -2.31. The number of rotatable bonds is 1. The minimum atomic E-state index is -0.515. The average Bonchev–Trinajstić information content (AvgIpc) is 2.15. The second-order valence-electron chi connectivity index (χ2n) is 5.25. The highest BCUT2D eigenvalue weighted by molar-refractivity contribution is 5.69. The summed E-state index contributed by atoms with van der Waals surface area (Å²) in [5.41, 5.74) is 1.40. The molecule has 1 aliphatic rings. The molecule has 2 rings (SSSR count). The first-order valence-corrected chi connectivity index (χ1v) is 5.63. The number of amides is 1. The zero-order valence-electron chi connectivity index (χ0n) is 10.2. The third kappa shape index (κ3) is 2.75. The number of carbonyl (C=O) groups excluding carboxylic acids is 1. The number of alkyl carbamates (subject to hydrolysis) is 1. The zero-order chi connectivity index (χ0) is 12.6. The van der Waals surface area contributed by atoms with E-state index in [2.05, 4.69) is 5.32 Å². The predicted molar refractivity (Wildman–Crippen MR) is 62.2 cm³/mol. The summed E-state index contributed by atoms with van der Waals surface area (Å²) in [5.74, 6) is -0.278. The standard InChI is InChI=1S/C13H16FNO2/c1-13(2,3)17-12(16)15-11-6-8-4-5-9(14)7-10(8)11/h4-5,7,11H,6H2,1-3H3,(H,15,16). The molecular formula is C13H16FNO2. The van der Waals surface area contributed by atoms with E-state index in [1.165, 1.54) is 12.1 Å². The van der Waals surface area contributed by atoms with Gasteiger partial charge in [-0.05, 0) is 50.5 Å². The molecule has 0 aliphatic heterocycles. The Morgan fingerprint density at radius 1 is 1.47 bits per heavy atom. The number of benzene rings is 1. The van der Waals surface area contributed by atoms with Gasteiger partial charge in [-0.3, -0.25) is 0 Å². The number of hydrogen-bond acceptors (Lipinski definition) is 2. The molecule has 0 saturated carbocycles. The van der Waals surface area contributed by atoms with Crippen LogP contribution in [0.4, 0.5) is 9.18 Å². The van der Waals surface area contributed by atoms with Crippen molar-refractivity contribution in [1.29, 1.82) is 0 Å². The molecule has 1 amide bonds. The number of carbonyl (C=O) groups is 1. The highest BCUT2D eigenvalue weighted by Gasteiger charge is 2.29. The van der Waals surface area contributed by atoms with E-state index in [4.69, 9.17) is 4.74 Å². The first kappa shape index (κ1) is 11.9. The van der Waals surface area contributed by atoms with Crippen LogP contribution in [0.3, 0.4) is 0 Å². The van der Waals surface area contributed by atoms with Gasteiger partial charge in [0.25, 0.3) is 0 Å². The maximum atomic E-state index is 13.0. The van der Waals surface area contributed by atoms with Gasteiger partial charge in [-0.15, -0.1) is 0 Å². The van der Waals surface area contributed by atoms with Gasteiger partial charge in [-0.25, -0.2) is 9.18 Å². The number of ether oxygens (including phenoxy) is 1. The Balaban J connectivity index is 1.97. The van der Waals surface area contributed by atoms with Crippen LogP contribution in [0.2, 0.25) is 0 Å². The van der Waals surface area contributed by atoms with Crippen LogP contribution in [-0.4, -0.2) is 11.7 Å². The Bertz CT molecular complexity index is 451. The lowest BCUT2D eigenvalue weighted by atomic mass is 9.83. The second-order valence-corrected chi connectivity index (χ2v) is 5.25. The molecule has 0 radical (unpaired) electrons. The summed E-state index contributed by atoms with van der Waals surface area (Å²) in [6.45, 7) is 5.42. The lowest BCUT2D eigenvalue weighted by molar-refractivity contribution is 0.0497. The second kappa shape index (κ2) is 4.02. The summed E-state index contributed by atoms with van der Waals surface area (Å²) in [6.07, 6.45) is 0.270. The maximum absolute atomic E-state index is 13.0. The molecular weight excluding hydrogens is 221 g/mol. The summed E-state index contributed by atoms with van der Waals surface area (Å²) in [6, 6.07) is 4.51. The largest absolute Gasteiger partial charge is 0.444 e. The molecule has 1 aromatic rings. The van der Waals surface area contributed by atoms with Gasteiger partial charge in [0.05, 0.1) is 6.04 Å². The summed E-state index contributed by atoms with van der Waals surface area (Å²) >= 11 is 0. The van der Waals surface area contributed by atoms with Gasteiger partial charge in [-0.2, -0.15) is 0 Å². The van der Waals surface area contributed by atoms with E-state index in [1.807, 2.05) is 0 Å². The molecule has 4 heteroatoms. The Morgan fingerprint density at radius 2 is 2.18 bits per heavy atom.